The molecule has 0 aliphatic carbocycles. The van der Waals surface area contributed by atoms with Crippen LogP contribution in [0.1, 0.15) is 19.8 Å². The Labute approximate surface area is 87.8 Å². The van der Waals surface area contributed by atoms with Gasteiger partial charge >= 0.3 is 0 Å². The van der Waals surface area contributed by atoms with Crippen molar-refractivity contribution in [1.82, 2.24) is 10.2 Å². The third kappa shape index (κ3) is 2.76. The lowest BCUT2D eigenvalue weighted by Gasteiger charge is -2.12. The van der Waals surface area contributed by atoms with Gasteiger partial charge < -0.3 is 11.1 Å². The van der Waals surface area contributed by atoms with Gasteiger partial charge in [0.05, 0.1) is 12.5 Å². The predicted molar refractivity (Wildman–Crippen MR) is 52.6 cm³/mol. The first-order valence-corrected chi connectivity index (χ1v) is 4.92. The van der Waals surface area contributed by atoms with Gasteiger partial charge in [-0.05, 0) is 6.92 Å². The second kappa shape index (κ2) is 4.88. The molecular weight excluding hydrogens is 198 g/mol. The number of likely N-dealkylation sites (tertiary alicyclic amines) is 1. The van der Waals surface area contributed by atoms with Crippen molar-refractivity contribution >= 4 is 17.7 Å². The fourth-order valence-corrected chi connectivity index (χ4v) is 1.54. The van der Waals surface area contributed by atoms with Crippen molar-refractivity contribution in [2.75, 3.05) is 13.1 Å². The quantitative estimate of drug-likeness (QED) is 0.549. The summed E-state index contributed by atoms with van der Waals surface area (Å²) >= 11 is 0. The largest absolute Gasteiger partial charge is 0.370 e. The van der Waals surface area contributed by atoms with E-state index in [1.807, 2.05) is 0 Å². The van der Waals surface area contributed by atoms with Gasteiger partial charge in [-0.1, -0.05) is 0 Å². The highest BCUT2D eigenvalue weighted by atomic mass is 16.2. The fraction of sp³-hybridized carbons (Fsp3) is 0.667. The molecule has 15 heavy (non-hydrogen) atoms. The predicted octanol–water partition coefficient (Wildman–Crippen LogP) is -1.40. The fourth-order valence-electron chi connectivity index (χ4n) is 1.54. The average Bonchev–Trinajstić information content (AvgIpc) is 2.41. The minimum absolute atomic E-state index is 0.168. The number of nitrogens with zero attached hydrogens (tertiary/aromatic N) is 1. The molecule has 1 atom stereocenters. The number of nitrogens with one attached hydrogen (secondary N) is 1. The summed E-state index contributed by atoms with van der Waals surface area (Å²) in [6, 6.07) is -0.489. The Balaban J connectivity index is 2.41. The van der Waals surface area contributed by atoms with E-state index < -0.39 is 11.9 Å². The van der Waals surface area contributed by atoms with Gasteiger partial charge in [-0.15, -0.1) is 0 Å². The number of carbonyl (C=O) groups excluding carboxylic acids is 3. The van der Waals surface area contributed by atoms with E-state index in [0.29, 0.717) is 13.1 Å². The van der Waals surface area contributed by atoms with E-state index in [0.717, 1.165) is 0 Å². The van der Waals surface area contributed by atoms with E-state index in [1.54, 1.807) is 6.92 Å². The van der Waals surface area contributed by atoms with Crippen molar-refractivity contribution < 1.29 is 14.4 Å². The summed E-state index contributed by atoms with van der Waals surface area (Å²) in [6.45, 7) is 2.48. The Morgan fingerprint density at radius 2 is 2.27 bits per heavy atom. The normalized spacial score (nSPS) is 21.1. The van der Waals surface area contributed by atoms with E-state index in [4.69, 9.17) is 5.73 Å². The Bertz CT molecular complexity index is 290. The first kappa shape index (κ1) is 11.6. The molecule has 0 saturated carbocycles. The lowest BCUT2D eigenvalue weighted by Crippen LogP contribution is -2.39. The molecule has 0 aromatic carbocycles. The Hall–Kier alpha value is -1.43. The molecule has 1 unspecified atom stereocenters. The van der Waals surface area contributed by atoms with Gasteiger partial charge in [0.2, 0.25) is 17.7 Å². The minimum atomic E-state index is -0.489. The van der Waals surface area contributed by atoms with E-state index in [1.165, 1.54) is 4.90 Å². The van der Waals surface area contributed by atoms with E-state index in [2.05, 4.69) is 5.32 Å². The van der Waals surface area contributed by atoms with Crippen molar-refractivity contribution in [2.45, 2.75) is 25.8 Å². The molecular formula is C9H15N3O3. The molecule has 1 rings (SSSR count). The zero-order valence-corrected chi connectivity index (χ0v) is 8.66. The van der Waals surface area contributed by atoms with Crippen molar-refractivity contribution in [3.05, 3.63) is 0 Å². The first-order chi connectivity index (χ1) is 7.06. The van der Waals surface area contributed by atoms with Crippen molar-refractivity contribution in [3.63, 3.8) is 0 Å². The lowest BCUT2D eigenvalue weighted by molar-refractivity contribution is -0.138. The highest BCUT2D eigenvalue weighted by Gasteiger charge is 2.36. The lowest BCUT2D eigenvalue weighted by atomic mass is 10.2. The maximum atomic E-state index is 11.5. The van der Waals surface area contributed by atoms with Gasteiger partial charge in [0, 0.05) is 19.5 Å². The van der Waals surface area contributed by atoms with Crippen LogP contribution >= 0.6 is 0 Å². The topological polar surface area (TPSA) is 92.5 Å². The zero-order chi connectivity index (χ0) is 11.4. The molecule has 0 aromatic rings. The number of rotatable bonds is 5. The SMILES string of the molecule is CCN1C(=O)CC(NCCC(N)=O)C1=O. The van der Waals surface area contributed by atoms with Crippen LogP contribution in [-0.2, 0) is 14.4 Å². The minimum Gasteiger partial charge on any atom is -0.370 e. The summed E-state index contributed by atoms with van der Waals surface area (Å²) in [6.07, 6.45) is 0.343. The number of hydrogen-bond donors (Lipinski definition) is 2. The number of nitrogens with two attached hydrogens (primary N) is 1. The highest BCUT2D eigenvalue weighted by molar-refractivity contribution is 6.05. The Morgan fingerprint density at radius 3 is 2.73 bits per heavy atom. The van der Waals surface area contributed by atoms with Crippen LogP contribution < -0.4 is 11.1 Å². The van der Waals surface area contributed by atoms with Crippen molar-refractivity contribution in [3.8, 4) is 0 Å². The average molecular weight is 213 g/mol. The smallest absolute Gasteiger partial charge is 0.246 e. The number of primary amides is 1. The van der Waals surface area contributed by atoms with Crippen LogP contribution in [0.15, 0.2) is 0 Å². The molecule has 6 heteroatoms. The molecule has 1 aliphatic heterocycles. The summed E-state index contributed by atoms with van der Waals surface area (Å²) in [5, 5.41) is 2.84. The molecule has 1 heterocycles. The second-order valence-electron chi connectivity index (χ2n) is 3.40. The van der Waals surface area contributed by atoms with Crippen LogP contribution in [0.2, 0.25) is 0 Å². The molecule has 0 bridgehead atoms. The number of imide groups is 1. The standard InChI is InChI=1S/C9H15N3O3/c1-2-12-8(14)5-6(9(12)15)11-4-3-7(10)13/h6,11H,2-5H2,1H3,(H2,10,13). The maximum absolute atomic E-state index is 11.5. The van der Waals surface area contributed by atoms with Gasteiger partial charge in [0.1, 0.15) is 0 Å². The van der Waals surface area contributed by atoms with E-state index in [-0.39, 0.29) is 24.7 Å². The molecule has 0 radical (unpaired) electrons. The molecule has 3 amide bonds. The Morgan fingerprint density at radius 1 is 1.60 bits per heavy atom. The third-order valence-electron chi connectivity index (χ3n) is 2.32. The summed E-state index contributed by atoms with van der Waals surface area (Å²) < 4.78 is 0. The molecule has 0 aromatic heterocycles. The highest BCUT2D eigenvalue weighted by Crippen LogP contribution is 2.12. The number of hydrogen-bond acceptors (Lipinski definition) is 4. The zero-order valence-electron chi connectivity index (χ0n) is 8.66. The van der Waals surface area contributed by atoms with Crippen LogP contribution in [0.25, 0.3) is 0 Å². The van der Waals surface area contributed by atoms with Gasteiger partial charge in [-0.2, -0.15) is 0 Å². The van der Waals surface area contributed by atoms with Crippen LogP contribution in [0, 0.1) is 0 Å². The second-order valence-corrected chi connectivity index (χ2v) is 3.40. The van der Waals surface area contributed by atoms with Crippen molar-refractivity contribution in [2.24, 2.45) is 5.73 Å². The molecule has 3 N–H and O–H groups in total. The molecule has 0 spiro atoms. The summed E-state index contributed by atoms with van der Waals surface area (Å²) in [4.78, 5) is 34.5. The summed E-state index contributed by atoms with van der Waals surface area (Å²) in [7, 11) is 0. The summed E-state index contributed by atoms with van der Waals surface area (Å²) in [5.74, 6) is -0.808. The van der Waals surface area contributed by atoms with Crippen molar-refractivity contribution in [1.29, 1.82) is 0 Å². The Kier molecular flexibility index (Phi) is 3.79. The van der Waals surface area contributed by atoms with Gasteiger partial charge in [-0.3, -0.25) is 19.3 Å². The monoisotopic (exact) mass is 213 g/mol. The molecule has 84 valence electrons. The number of amides is 3. The van der Waals surface area contributed by atoms with E-state index >= 15 is 0 Å². The van der Waals surface area contributed by atoms with Gasteiger partial charge in [-0.25, -0.2) is 0 Å². The van der Waals surface area contributed by atoms with E-state index in [9.17, 15) is 14.4 Å². The van der Waals surface area contributed by atoms with Crippen LogP contribution in [0.3, 0.4) is 0 Å². The molecule has 6 nitrogen and oxygen atoms in total. The van der Waals surface area contributed by atoms with Crippen LogP contribution in [0.4, 0.5) is 0 Å². The number of likely N-dealkylation sites (N-methyl/N-ethyl adjacent to an activating group) is 1. The van der Waals surface area contributed by atoms with Crippen LogP contribution in [0.5, 0.6) is 0 Å². The summed E-state index contributed by atoms with van der Waals surface area (Å²) in [5.41, 5.74) is 4.95. The molecule has 1 aliphatic rings. The van der Waals surface area contributed by atoms with Gasteiger partial charge in [0.25, 0.3) is 0 Å². The van der Waals surface area contributed by atoms with Gasteiger partial charge in [0.15, 0.2) is 0 Å². The molecule has 1 fully saturated rings. The first-order valence-electron chi connectivity index (χ1n) is 4.92. The van der Waals surface area contributed by atoms with Crippen LogP contribution in [-0.4, -0.2) is 41.8 Å². The maximum Gasteiger partial charge on any atom is 0.246 e. The third-order valence-corrected chi connectivity index (χ3v) is 2.32. The molecule has 1 saturated heterocycles. The number of carbonyl (C=O) groups is 3.